The van der Waals surface area contributed by atoms with E-state index in [1.54, 1.807) is 0 Å². The normalized spacial score (nSPS) is 11.5. The minimum atomic E-state index is 0.759. The van der Waals surface area contributed by atoms with Crippen LogP contribution in [0.25, 0.3) is 10.9 Å². The molecule has 0 fully saturated rings. The number of halogens is 1. The Morgan fingerprint density at radius 3 is 2.62 bits per heavy atom. The molecule has 1 heterocycles. The van der Waals surface area contributed by atoms with Gasteiger partial charge in [0, 0.05) is 28.7 Å². The van der Waals surface area contributed by atoms with Crippen molar-refractivity contribution in [2.24, 2.45) is 5.92 Å². The van der Waals surface area contributed by atoms with Crippen LogP contribution in [0.15, 0.2) is 30.5 Å². The number of hydrogen-bond acceptors (Lipinski definition) is 0. The Kier molecular flexibility index (Phi) is 3.55. The SMILES string of the molecule is CCC(CC)Cn1ccc2c(Cl)cccc21. The standard InChI is InChI=1S/C14H18ClN/c1-3-11(4-2)10-16-9-8-12-13(15)6-5-7-14(12)16/h5-9,11H,3-4,10H2,1-2H3. The largest absolute Gasteiger partial charge is 0.347 e. The third-order valence-electron chi connectivity index (χ3n) is 3.37. The summed E-state index contributed by atoms with van der Waals surface area (Å²) in [5.41, 5.74) is 1.25. The molecule has 2 heteroatoms. The van der Waals surface area contributed by atoms with Gasteiger partial charge in [-0.1, -0.05) is 44.4 Å². The Balaban J connectivity index is 2.35. The van der Waals surface area contributed by atoms with E-state index < -0.39 is 0 Å². The van der Waals surface area contributed by atoms with Crippen LogP contribution in [0.4, 0.5) is 0 Å². The molecule has 1 aromatic carbocycles. The molecule has 1 nitrogen and oxygen atoms in total. The molecule has 0 aliphatic carbocycles. The molecule has 0 N–H and O–H groups in total. The van der Waals surface area contributed by atoms with Crippen LogP contribution in [0.2, 0.25) is 5.02 Å². The maximum Gasteiger partial charge on any atom is 0.0499 e. The first-order chi connectivity index (χ1) is 7.76. The minimum absolute atomic E-state index is 0.759. The smallest absolute Gasteiger partial charge is 0.0499 e. The molecule has 0 amide bonds. The zero-order valence-electron chi connectivity index (χ0n) is 9.91. The van der Waals surface area contributed by atoms with E-state index in [9.17, 15) is 0 Å². The lowest BCUT2D eigenvalue weighted by molar-refractivity contribution is 0.425. The minimum Gasteiger partial charge on any atom is -0.347 e. The molecule has 2 rings (SSSR count). The summed E-state index contributed by atoms with van der Waals surface area (Å²) in [7, 11) is 0. The van der Waals surface area contributed by atoms with Crippen LogP contribution in [0, 0.1) is 5.92 Å². The van der Waals surface area contributed by atoms with E-state index in [0.717, 1.165) is 22.9 Å². The predicted molar refractivity (Wildman–Crippen MR) is 71.0 cm³/mol. The van der Waals surface area contributed by atoms with Crippen molar-refractivity contribution in [3.8, 4) is 0 Å². The maximum absolute atomic E-state index is 6.16. The average molecular weight is 236 g/mol. The molecule has 0 aliphatic heterocycles. The fourth-order valence-corrected chi connectivity index (χ4v) is 2.40. The molecule has 0 saturated heterocycles. The van der Waals surface area contributed by atoms with Crippen molar-refractivity contribution in [2.45, 2.75) is 33.2 Å². The summed E-state index contributed by atoms with van der Waals surface area (Å²) in [4.78, 5) is 0. The molecule has 1 aromatic heterocycles. The summed E-state index contributed by atoms with van der Waals surface area (Å²) in [6.07, 6.45) is 4.61. The molecule has 0 spiro atoms. The Labute approximate surface area is 102 Å². The van der Waals surface area contributed by atoms with Gasteiger partial charge in [-0.25, -0.2) is 0 Å². The van der Waals surface area contributed by atoms with Gasteiger partial charge in [-0.05, 0) is 24.1 Å². The van der Waals surface area contributed by atoms with Crippen LogP contribution in [-0.4, -0.2) is 4.57 Å². The highest BCUT2D eigenvalue weighted by molar-refractivity contribution is 6.35. The van der Waals surface area contributed by atoms with E-state index >= 15 is 0 Å². The Bertz CT molecular complexity index is 469. The summed E-state index contributed by atoms with van der Waals surface area (Å²) < 4.78 is 2.32. The predicted octanol–water partition coefficient (Wildman–Crippen LogP) is 4.73. The summed E-state index contributed by atoms with van der Waals surface area (Å²) in [6.45, 7) is 5.61. The Morgan fingerprint density at radius 1 is 1.19 bits per heavy atom. The van der Waals surface area contributed by atoms with Crippen molar-refractivity contribution < 1.29 is 0 Å². The van der Waals surface area contributed by atoms with Crippen LogP contribution < -0.4 is 0 Å². The molecule has 0 unspecified atom stereocenters. The number of hydrogen-bond donors (Lipinski definition) is 0. The average Bonchev–Trinajstić information content (AvgIpc) is 2.71. The molecule has 0 radical (unpaired) electrons. The summed E-state index contributed by atoms with van der Waals surface area (Å²) >= 11 is 6.16. The Hall–Kier alpha value is -0.950. The molecule has 0 saturated carbocycles. The molecular weight excluding hydrogens is 218 g/mol. The quantitative estimate of drug-likeness (QED) is 0.722. The number of rotatable bonds is 4. The number of benzene rings is 1. The third kappa shape index (κ3) is 2.10. The van der Waals surface area contributed by atoms with Crippen LogP contribution in [0.1, 0.15) is 26.7 Å². The highest BCUT2D eigenvalue weighted by Gasteiger charge is 2.08. The lowest BCUT2D eigenvalue weighted by Gasteiger charge is -2.14. The van der Waals surface area contributed by atoms with E-state index in [0.29, 0.717) is 0 Å². The lowest BCUT2D eigenvalue weighted by atomic mass is 10.0. The van der Waals surface area contributed by atoms with Gasteiger partial charge in [0.1, 0.15) is 0 Å². The van der Waals surface area contributed by atoms with E-state index in [-0.39, 0.29) is 0 Å². The van der Waals surface area contributed by atoms with Crippen molar-refractivity contribution in [1.29, 1.82) is 0 Å². The second kappa shape index (κ2) is 4.92. The van der Waals surface area contributed by atoms with E-state index in [2.05, 4.69) is 36.7 Å². The maximum atomic E-state index is 6.16. The molecule has 0 bridgehead atoms. The second-order valence-corrected chi connectivity index (χ2v) is 4.73. The van der Waals surface area contributed by atoms with Crippen molar-refractivity contribution in [3.05, 3.63) is 35.5 Å². The van der Waals surface area contributed by atoms with Crippen LogP contribution in [-0.2, 0) is 6.54 Å². The third-order valence-corrected chi connectivity index (χ3v) is 3.70. The highest BCUT2D eigenvalue weighted by atomic mass is 35.5. The van der Waals surface area contributed by atoms with Crippen LogP contribution >= 0.6 is 11.6 Å². The fraction of sp³-hybridized carbons (Fsp3) is 0.429. The van der Waals surface area contributed by atoms with E-state index in [1.807, 2.05) is 12.1 Å². The fourth-order valence-electron chi connectivity index (χ4n) is 2.17. The number of fused-ring (bicyclic) bond motifs is 1. The van der Waals surface area contributed by atoms with Gasteiger partial charge in [0.05, 0.1) is 0 Å². The molecule has 0 aliphatic rings. The zero-order chi connectivity index (χ0) is 11.5. The van der Waals surface area contributed by atoms with Crippen molar-refractivity contribution in [3.63, 3.8) is 0 Å². The van der Waals surface area contributed by atoms with Gasteiger partial charge in [0.25, 0.3) is 0 Å². The number of nitrogens with zero attached hydrogens (tertiary/aromatic N) is 1. The van der Waals surface area contributed by atoms with Crippen molar-refractivity contribution in [2.75, 3.05) is 0 Å². The molecule has 86 valence electrons. The molecule has 0 atom stereocenters. The van der Waals surface area contributed by atoms with Gasteiger partial charge in [-0.15, -0.1) is 0 Å². The van der Waals surface area contributed by atoms with Crippen molar-refractivity contribution in [1.82, 2.24) is 4.57 Å². The number of aromatic nitrogens is 1. The first kappa shape index (κ1) is 11.5. The van der Waals surface area contributed by atoms with Gasteiger partial charge in [0.2, 0.25) is 0 Å². The van der Waals surface area contributed by atoms with Gasteiger partial charge >= 0.3 is 0 Å². The first-order valence-electron chi connectivity index (χ1n) is 5.99. The summed E-state index contributed by atoms with van der Waals surface area (Å²) in [6, 6.07) is 8.23. The molecule has 2 aromatic rings. The summed E-state index contributed by atoms with van der Waals surface area (Å²) in [5.74, 6) is 0.759. The zero-order valence-corrected chi connectivity index (χ0v) is 10.7. The highest BCUT2D eigenvalue weighted by Crippen LogP contribution is 2.25. The second-order valence-electron chi connectivity index (χ2n) is 4.32. The topological polar surface area (TPSA) is 4.93 Å². The van der Waals surface area contributed by atoms with Crippen LogP contribution in [0.5, 0.6) is 0 Å². The van der Waals surface area contributed by atoms with Gasteiger partial charge in [-0.2, -0.15) is 0 Å². The van der Waals surface area contributed by atoms with Gasteiger partial charge in [-0.3, -0.25) is 0 Å². The summed E-state index contributed by atoms with van der Waals surface area (Å²) in [5, 5.41) is 2.01. The van der Waals surface area contributed by atoms with Crippen LogP contribution in [0.3, 0.4) is 0 Å². The first-order valence-corrected chi connectivity index (χ1v) is 6.37. The van der Waals surface area contributed by atoms with Gasteiger partial charge < -0.3 is 4.57 Å². The lowest BCUT2D eigenvalue weighted by Crippen LogP contribution is -2.07. The molecule has 16 heavy (non-hydrogen) atoms. The molecular formula is C14H18ClN. The van der Waals surface area contributed by atoms with E-state index in [4.69, 9.17) is 11.6 Å². The van der Waals surface area contributed by atoms with Gasteiger partial charge in [0.15, 0.2) is 0 Å². The van der Waals surface area contributed by atoms with E-state index in [1.165, 1.54) is 18.4 Å². The Morgan fingerprint density at radius 2 is 1.94 bits per heavy atom. The monoisotopic (exact) mass is 235 g/mol. The van der Waals surface area contributed by atoms with Crippen molar-refractivity contribution >= 4 is 22.5 Å².